The smallest absolute Gasteiger partial charge is 0.143 e. The molecule has 5 heteroatoms. The Hall–Kier alpha value is -1.24. The molecule has 21 heavy (non-hydrogen) atoms. The van der Waals surface area contributed by atoms with Crippen molar-refractivity contribution in [1.82, 2.24) is 15.0 Å². The quantitative estimate of drug-likeness (QED) is 0.750. The van der Waals surface area contributed by atoms with Crippen LogP contribution in [0.3, 0.4) is 0 Å². The fraction of sp³-hybridized carbons (Fsp3) is 0.438. The molecular weight excluding hydrogens is 375 g/mol. The molecule has 0 atom stereocenters. The van der Waals surface area contributed by atoms with Crippen LogP contribution in [0, 0.1) is 3.57 Å². The second-order valence-corrected chi connectivity index (χ2v) is 6.39. The number of pyridine rings is 1. The summed E-state index contributed by atoms with van der Waals surface area (Å²) in [6, 6.07) is 4.00. The number of aromatic nitrogens is 3. The standard InChI is InChI=1S/C16H21IN4/c1-4-7-19-16-14(17)15(11(2)3)20-13(21-16)9-12-6-5-8-18-10-12/h5-6,8,10-11H,4,7,9H2,1-3H3,(H,19,20,21). The average Bonchev–Trinajstić information content (AvgIpc) is 2.48. The molecule has 2 aromatic rings. The fourth-order valence-electron chi connectivity index (χ4n) is 2.02. The molecule has 0 aromatic carbocycles. The van der Waals surface area contributed by atoms with Crippen LogP contribution < -0.4 is 5.32 Å². The molecule has 0 saturated carbocycles. The molecule has 0 spiro atoms. The summed E-state index contributed by atoms with van der Waals surface area (Å²) in [6.45, 7) is 7.42. The first-order valence-electron chi connectivity index (χ1n) is 7.30. The van der Waals surface area contributed by atoms with Gasteiger partial charge in [0, 0.05) is 25.4 Å². The topological polar surface area (TPSA) is 50.7 Å². The van der Waals surface area contributed by atoms with Gasteiger partial charge in [0.1, 0.15) is 11.6 Å². The highest BCUT2D eigenvalue weighted by Crippen LogP contribution is 2.25. The van der Waals surface area contributed by atoms with E-state index in [0.29, 0.717) is 12.3 Å². The van der Waals surface area contributed by atoms with Crippen LogP contribution in [0.15, 0.2) is 24.5 Å². The third-order valence-corrected chi connectivity index (χ3v) is 4.16. The van der Waals surface area contributed by atoms with Gasteiger partial charge in [-0.15, -0.1) is 0 Å². The highest BCUT2D eigenvalue weighted by Gasteiger charge is 2.14. The Bertz CT molecular complexity index is 584. The zero-order chi connectivity index (χ0) is 15.2. The molecule has 2 heterocycles. The lowest BCUT2D eigenvalue weighted by molar-refractivity contribution is 0.781. The highest BCUT2D eigenvalue weighted by molar-refractivity contribution is 14.1. The monoisotopic (exact) mass is 396 g/mol. The summed E-state index contributed by atoms with van der Waals surface area (Å²) in [5, 5.41) is 3.41. The summed E-state index contributed by atoms with van der Waals surface area (Å²) in [5.41, 5.74) is 2.25. The molecule has 0 radical (unpaired) electrons. The summed E-state index contributed by atoms with van der Waals surface area (Å²) in [7, 11) is 0. The van der Waals surface area contributed by atoms with Crippen molar-refractivity contribution < 1.29 is 0 Å². The minimum Gasteiger partial charge on any atom is -0.369 e. The van der Waals surface area contributed by atoms with Crippen LogP contribution in [0.1, 0.15) is 50.2 Å². The number of rotatable bonds is 6. The van der Waals surface area contributed by atoms with Crippen molar-refractivity contribution >= 4 is 28.4 Å². The maximum absolute atomic E-state index is 4.75. The Morgan fingerprint density at radius 1 is 1.29 bits per heavy atom. The van der Waals surface area contributed by atoms with Gasteiger partial charge in [-0.05, 0) is 46.6 Å². The maximum atomic E-state index is 4.75. The maximum Gasteiger partial charge on any atom is 0.143 e. The van der Waals surface area contributed by atoms with Crippen LogP contribution >= 0.6 is 22.6 Å². The Labute approximate surface area is 140 Å². The van der Waals surface area contributed by atoms with Crippen LogP contribution in [0.5, 0.6) is 0 Å². The Balaban J connectivity index is 2.34. The second-order valence-electron chi connectivity index (χ2n) is 5.31. The molecule has 1 N–H and O–H groups in total. The number of anilines is 1. The molecule has 0 bridgehead atoms. The molecular formula is C16H21IN4. The molecule has 0 saturated heterocycles. The van der Waals surface area contributed by atoms with Gasteiger partial charge < -0.3 is 5.32 Å². The molecule has 0 fully saturated rings. The summed E-state index contributed by atoms with van der Waals surface area (Å²) in [6.07, 6.45) is 5.45. The van der Waals surface area contributed by atoms with Crippen molar-refractivity contribution in [3.63, 3.8) is 0 Å². The first kappa shape index (κ1) is 16.1. The van der Waals surface area contributed by atoms with E-state index in [4.69, 9.17) is 9.97 Å². The second kappa shape index (κ2) is 7.68. The first-order valence-corrected chi connectivity index (χ1v) is 8.38. The van der Waals surface area contributed by atoms with E-state index in [1.165, 1.54) is 0 Å². The van der Waals surface area contributed by atoms with Gasteiger partial charge >= 0.3 is 0 Å². The lowest BCUT2D eigenvalue weighted by Gasteiger charge is -2.14. The largest absolute Gasteiger partial charge is 0.369 e. The SMILES string of the molecule is CCCNc1nc(Cc2cccnc2)nc(C(C)C)c1I. The van der Waals surface area contributed by atoms with Gasteiger partial charge in [0.2, 0.25) is 0 Å². The average molecular weight is 396 g/mol. The lowest BCUT2D eigenvalue weighted by atomic mass is 10.1. The first-order chi connectivity index (χ1) is 10.1. The molecule has 4 nitrogen and oxygen atoms in total. The molecule has 112 valence electrons. The van der Waals surface area contributed by atoms with E-state index in [2.05, 4.69) is 59.7 Å². The molecule has 0 amide bonds. The molecule has 0 unspecified atom stereocenters. The third kappa shape index (κ3) is 4.36. The number of hydrogen-bond donors (Lipinski definition) is 1. The van der Waals surface area contributed by atoms with Crippen molar-refractivity contribution in [3.8, 4) is 0 Å². The Kier molecular flexibility index (Phi) is 5.90. The van der Waals surface area contributed by atoms with Crippen molar-refractivity contribution in [2.45, 2.75) is 39.5 Å². The van der Waals surface area contributed by atoms with Crippen LogP contribution in [0.2, 0.25) is 0 Å². The minimum absolute atomic E-state index is 0.384. The zero-order valence-electron chi connectivity index (χ0n) is 12.7. The van der Waals surface area contributed by atoms with Gasteiger partial charge in [0.25, 0.3) is 0 Å². The van der Waals surface area contributed by atoms with Gasteiger partial charge in [-0.3, -0.25) is 4.98 Å². The van der Waals surface area contributed by atoms with Gasteiger partial charge in [0.15, 0.2) is 0 Å². The predicted molar refractivity (Wildman–Crippen MR) is 94.7 cm³/mol. The normalized spacial score (nSPS) is 10.9. The van der Waals surface area contributed by atoms with E-state index >= 15 is 0 Å². The summed E-state index contributed by atoms with van der Waals surface area (Å²) in [4.78, 5) is 13.6. The van der Waals surface area contributed by atoms with Crippen LogP contribution in [-0.2, 0) is 6.42 Å². The van der Waals surface area contributed by atoms with Gasteiger partial charge in [-0.2, -0.15) is 0 Å². The van der Waals surface area contributed by atoms with E-state index < -0.39 is 0 Å². The van der Waals surface area contributed by atoms with E-state index in [0.717, 1.165) is 39.4 Å². The summed E-state index contributed by atoms with van der Waals surface area (Å²) in [5.74, 6) is 2.19. The van der Waals surface area contributed by atoms with Crippen molar-refractivity contribution in [2.75, 3.05) is 11.9 Å². The van der Waals surface area contributed by atoms with Crippen molar-refractivity contribution in [2.24, 2.45) is 0 Å². The number of nitrogens with zero attached hydrogens (tertiary/aromatic N) is 3. The van der Waals surface area contributed by atoms with Gasteiger partial charge in [-0.25, -0.2) is 9.97 Å². The zero-order valence-corrected chi connectivity index (χ0v) is 14.9. The Morgan fingerprint density at radius 3 is 2.71 bits per heavy atom. The minimum atomic E-state index is 0.384. The van der Waals surface area contributed by atoms with E-state index in [1.54, 1.807) is 6.20 Å². The molecule has 0 aliphatic rings. The van der Waals surface area contributed by atoms with E-state index in [1.807, 2.05) is 12.3 Å². The molecule has 2 rings (SSSR count). The molecule has 2 aromatic heterocycles. The van der Waals surface area contributed by atoms with Crippen LogP contribution in [0.4, 0.5) is 5.82 Å². The van der Waals surface area contributed by atoms with E-state index in [-0.39, 0.29) is 0 Å². The molecule has 0 aliphatic carbocycles. The molecule has 0 aliphatic heterocycles. The summed E-state index contributed by atoms with van der Waals surface area (Å²) < 4.78 is 1.13. The van der Waals surface area contributed by atoms with Crippen molar-refractivity contribution in [1.29, 1.82) is 0 Å². The number of halogens is 1. The van der Waals surface area contributed by atoms with Gasteiger partial charge in [0.05, 0.1) is 9.26 Å². The van der Waals surface area contributed by atoms with Crippen LogP contribution in [-0.4, -0.2) is 21.5 Å². The number of nitrogens with one attached hydrogen (secondary N) is 1. The van der Waals surface area contributed by atoms with Crippen molar-refractivity contribution in [3.05, 3.63) is 45.2 Å². The fourth-order valence-corrected chi connectivity index (χ4v) is 3.07. The lowest BCUT2D eigenvalue weighted by Crippen LogP contribution is -2.12. The van der Waals surface area contributed by atoms with Crippen LogP contribution in [0.25, 0.3) is 0 Å². The predicted octanol–water partition coefficient (Wildman–Crippen LogP) is 4.01. The van der Waals surface area contributed by atoms with E-state index in [9.17, 15) is 0 Å². The highest BCUT2D eigenvalue weighted by atomic mass is 127. The Morgan fingerprint density at radius 2 is 2.10 bits per heavy atom. The third-order valence-electron chi connectivity index (χ3n) is 3.10. The van der Waals surface area contributed by atoms with Gasteiger partial charge in [-0.1, -0.05) is 26.8 Å². The summed E-state index contributed by atoms with van der Waals surface area (Å²) >= 11 is 2.34. The number of hydrogen-bond acceptors (Lipinski definition) is 4.